The van der Waals surface area contributed by atoms with Gasteiger partial charge in [0.1, 0.15) is 159 Å². The highest BCUT2D eigenvalue weighted by Gasteiger charge is 2.48. The number of hydrogen-bond donors (Lipinski definition) is 35. The Labute approximate surface area is 668 Å². The highest BCUT2D eigenvalue weighted by atomic mass is 16.7. The Bertz CT molecular complexity index is 1580. The summed E-state index contributed by atoms with van der Waals surface area (Å²) in [6, 6.07) is -3.18. The molecule has 712 valence electrons. The third-order valence-corrected chi connectivity index (χ3v) is 13.6. The fourth-order valence-corrected chi connectivity index (χ4v) is 8.05. The van der Waals surface area contributed by atoms with Crippen molar-refractivity contribution in [1.82, 2.24) is 5.32 Å². The summed E-state index contributed by atoms with van der Waals surface area (Å²) in [5, 5.41) is 290. The maximum absolute atomic E-state index is 10.7. The number of carbonyl (C=O) groups excluding carboxylic acids is 1. The molecule has 0 aromatic heterocycles. The Morgan fingerprint density at radius 1 is 0.216 bits per heavy atom. The van der Waals surface area contributed by atoms with Gasteiger partial charge in [0.15, 0.2) is 44.0 Å². The molecule has 1 amide bonds. The summed E-state index contributed by atoms with van der Waals surface area (Å²) < 4.78 is 32.5. The smallest absolute Gasteiger partial charge is 0.217 e. The Kier molecular flexibility index (Phi) is 134. The van der Waals surface area contributed by atoms with E-state index in [0.717, 1.165) is 0 Å². The number of nitrogens with one attached hydrogen (secondary N) is 1. The minimum absolute atomic E-state index is 0. The predicted octanol–water partition coefficient (Wildman–Crippen LogP) is -7.21. The van der Waals surface area contributed by atoms with Crippen LogP contribution in [0.5, 0.6) is 0 Å². The van der Waals surface area contributed by atoms with Crippen molar-refractivity contribution in [3.8, 4) is 0 Å². The quantitative estimate of drug-likeness (QED) is 0.107. The van der Waals surface area contributed by atoms with Crippen molar-refractivity contribution in [2.75, 3.05) is 46.2 Å². The van der Waals surface area contributed by atoms with Gasteiger partial charge in [-0.3, -0.25) is 4.79 Å². The molecule has 0 aromatic carbocycles. The van der Waals surface area contributed by atoms with Crippen LogP contribution in [0.1, 0.15) is 185 Å². The van der Waals surface area contributed by atoms with Crippen molar-refractivity contribution in [3.63, 3.8) is 0 Å². The zero-order chi connectivity index (χ0) is 67.4. The van der Waals surface area contributed by atoms with Crippen LogP contribution in [-0.2, 0) is 38.0 Å². The van der Waals surface area contributed by atoms with Gasteiger partial charge in [-0.25, -0.2) is 0 Å². The number of nitrogens with two attached hydrogens (primary N) is 2. The Hall–Kier alpha value is -2.17. The molecule has 7 saturated heterocycles. The lowest BCUT2D eigenvalue weighted by Gasteiger charge is -2.40. The maximum Gasteiger partial charge on any atom is 0.217 e. The van der Waals surface area contributed by atoms with E-state index in [0.29, 0.717) is 0 Å². The molecule has 43 nitrogen and oxygen atoms in total. The van der Waals surface area contributed by atoms with E-state index in [4.69, 9.17) is 153 Å². The van der Waals surface area contributed by atoms with Crippen molar-refractivity contribution in [3.05, 3.63) is 0 Å². The van der Waals surface area contributed by atoms with E-state index in [1.807, 2.05) is 0 Å². The molecular formula is C68H185N3O40. The van der Waals surface area contributed by atoms with Gasteiger partial charge in [0, 0.05) is 6.92 Å². The summed E-state index contributed by atoms with van der Waals surface area (Å²) >= 11 is 0. The molecule has 0 spiro atoms. The van der Waals surface area contributed by atoms with E-state index >= 15 is 0 Å². The van der Waals surface area contributed by atoms with E-state index in [1.165, 1.54) is 6.92 Å². The van der Waals surface area contributed by atoms with Gasteiger partial charge < -0.3 is 213 Å². The van der Waals surface area contributed by atoms with Gasteiger partial charge in [-0.05, 0) is 0 Å². The fraction of sp³-hybridized carbons (Fsp3) is 0.985. The number of amides is 1. The van der Waals surface area contributed by atoms with Crippen LogP contribution in [0.15, 0.2) is 0 Å². The van der Waals surface area contributed by atoms with Crippen LogP contribution in [0, 0.1) is 0 Å². The summed E-state index contributed by atoms with van der Waals surface area (Å²) in [5.74, 6) is -0.462. The van der Waals surface area contributed by atoms with E-state index in [1.54, 1.807) is 0 Å². The molecule has 7 fully saturated rings. The lowest BCUT2D eigenvalue weighted by atomic mass is 9.97. The third kappa shape index (κ3) is 49.7. The monoisotopic (exact) mass is 1680 g/mol. The van der Waals surface area contributed by atoms with Gasteiger partial charge in [0.25, 0.3) is 0 Å². The number of rotatable bonds is 8. The van der Waals surface area contributed by atoms with Gasteiger partial charge in [-0.15, -0.1) is 0 Å². The van der Waals surface area contributed by atoms with Crippen LogP contribution < -0.4 is 16.8 Å². The zero-order valence-electron chi connectivity index (χ0n) is 45.9. The largest absolute Gasteiger partial charge is 0.394 e. The summed E-state index contributed by atoms with van der Waals surface area (Å²) in [4.78, 5) is 10.7. The average molecular weight is 1690 g/mol. The molecule has 0 aliphatic carbocycles. The lowest BCUT2D eigenvalue weighted by molar-refractivity contribution is -0.286. The molecule has 111 heavy (non-hydrogen) atoms. The SMILES string of the molecule is C.C.C.C.C.C.C.C.C.C.C.C.C.C.C.C.C.C.C.C.C.C.C.C.CC(=O)NC1[C@@H](O)[C@H](O)C(CO)O[C@@H]1O.NC1[C@@H](O)[C@H](O)C(CO)O[C@@H]1O.NC1[C@H](O)OC(CO)[C@@H](O)[C@@H]1O.OCC1O[C@@H](O)C(O)[C@@H](O)[C@@H]1O.OCC1O[C@@H](O)C(O)[C@@H](O)[C@@H]1O.OCC1O[C@H](O)C(O)[C@@H](O)[C@@H]1O.OCC1O[C@H](O)C(O)[C@@H](O)[C@@H]1O. The Balaban J connectivity index is -0.0000000349. The molecule has 37 N–H and O–H groups in total. The Morgan fingerprint density at radius 3 is 0.505 bits per heavy atom. The van der Waals surface area contributed by atoms with Crippen LogP contribution >= 0.6 is 0 Å². The summed E-state index contributed by atoms with van der Waals surface area (Å²) in [6.45, 7) is -2.36. The molecular weight excluding hydrogens is 1500 g/mol. The van der Waals surface area contributed by atoms with E-state index in [-0.39, 0.29) is 178 Å². The summed E-state index contributed by atoms with van der Waals surface area (Å²) in [7, 11) is 0. The van der Waals surface area contributed by atoms with Gasteiger partial charge in [-0.1, -0.05) is 178 Å². The second kappa shape index (κ2) is 84.3. The average Bonchev–Trinajstić information content (AvgIpc) is 0.843. The standard InChI is InChI=1S/C8H15NO6.2C6H13NO5.4C6H12O6.24CH4/c1-3(11)9-5-7(13)6(12)4(2-10)15-8(5)14;2*7-3-5(10)4(9)2(1-8)12-6(3)11;4*7-1-2-3(8)4(9)5(10)6(11)12-2;;;;;;;;;;;;;;;;;;;;;;;;/h4-8,10,12-14H,2H2,1H3,(H,9,11);2*2-6,8-11H,1,7H2;4*2-11H,1H2;24*1H4/t4?,5?,6-,7-,8+;2?,3?,4-,5-,6+;2?,3?,4-,5-,6-;2*2?,3-,4+,5?,6+;2*2?,3-,4+,5?,6-;;;;;;;;;;;;;;;;;;;;;;;;/m1111111......................../s1. The molecule has 0 aromatic rings. The van der Waals surface area contributed by atoms with Crippen molar-refractivity contribution < 1.29 is 201 Å². The van der Waals surface area contributed by atoms with E-state index in [2.05, 4.69) is 24.3 Å². The molecule has 0 bridgehead atoms. The minimum atomic E-state index is -1.57. The summed E-state index contributed by atoms with van der Waals surface area (Å²) in [6.07, 6.45) is -43.1. The number of ether oxygens (including phenoxy) is 7. The second-order valence-electron chi connectivity index (χ2n) is 19.9. The van der Waals surface area contributed by atoms with Crippen molar-refractivity contribution in [1.29, 1.82) is 0 Å². The van der Waals surface area contributed by atoms with Gasteiger partial charge in [0.2, 0.25) is 5.91 Å². The lowest BCUT2D eigenvalue weighted by Crippen LogP contribution is -2.63. The topological polar surface area (TPSA) is 793 Å². The van der Waals surface area contributed by atoms with Crippen LogP contribution in [0.4, 0.5) is 0 Å². The molecule has 7 aliphatic rings. The first-order valence-corrected chi connectivity index (χ1v) is 26.1. The highest BCUT2D eigenvalue weighted by Crippen LogP contribution is 2.24. The molecule has 7 heterocycles. The third-order valence-electron chi connectivity index (χ3n) is 13.6. The number of hydrogen-bond acceptors (Lipinski definition) is 42. The normalized spacial score (nSPS) is 37.5. The minimum Gasteiger partial charge on any atom is -0.394 e. The van der Waals surface area contributed by atoms with Gasteiger partial charge in [-0.2, -0.15) is 0 Å². The Morgan fingerprint density at radius 2 is 0.351 bits per heavy atom. The van der Waals surface area contributed by atoms with Crippen molar-refractivity contribution in [2.24, 2.45) is 11.5 Å². The summed E-state index contributed by atoms with van der Waals surface area (Å²) in [5.41, 5.74) is 10.5. The molecule has 0 saturated carbocycles. The van der Waals surface area contributed by atoms with Crippen LogP contribution in [0.25, 0.3) is 0 Å². The molecule has 7 aliphatic heterocycles. The number of aliphatic hydroxyl groups is 32. The van der Waals surface area contributed by atoms with E-state index < -0.39 is 267 Å². The van der Waals surface area contributed by atoms with Crippen LogP contribution in [0.3, 0.4) is 0 Å². The highest BCUT2D eigenvalue weighted by molar-refractivity contribution is 5.73. The molecule has 43 heteroatoms. The second-order valence-corrected chi connectivity index (χ2v) is 19.9. The first kappa shape index (κ1) is 176. The molecule has 35 atom stereocenters. The first-order chi connectivity index (χ1) is 40.4. The van der Waals surface area contributed by atoms with Gasteiger partial charge in [0.05, 0.1) is 58.3 Å². The molecule has 0 radical (unpaired) electrons. The molecule has 14 unspecified atom stereocenters. The first-order valence-electron chi connectivity index (χ1n) is 26.1. The molecule has 7 rings (SSSR count). The van der Waals surface area contributed by atoms with Crippen molar-refractivity contribution in [2.45, 2.75) is 400 Å². The van der Waals surface area contributed by atoms with E-state index in [9.17, 15) is 40.5 Å². The van der Waals surface area contributed by atoms with Crippen LogP contribution in [-0.4, -0.2) is 430 Å². The van der Waals surface area contributed by atoms with Gasteiger partial charge >= 0.3 is 0 Å². The number of aliphatic hydroxyl groups excluding tert-OH is 32. The fourth-order valence-electron chi connectivity index (χ4n) is 8.05. The maximum atomic E-state index is 10.7. The predicted molar refractivity (Wildman–Crippen MR) is 429 cm³/mol. The van der Waals surface area contributed by atoms with Crippen molar-refractivity contribution >= 4 is 5.91 Å². The zero-order valence-corrected chi connectivity index (χ0v) is 45.9. The number of carbonyl (C=O) groups is 1. The van der Waals surface area contributed by atoms with Crippen LogP contribution in [0.2, 0.25) is 0 Å².